The molecule has 2 N–H and O–H groups in total. The van der Waals surface area contributed by atoms with Crippen molar-refractivity contribution in [2.75, 3.05) is 6.54 Å². The minimum Gasteiger partial charge on any atom is -0.327 e. The van der Waals surface area contributed by atoms with Gasteiger partial charge in [-0.2, -0.15) is 0 Å². The summed E-state index contributed by atoms with van der Waals surface area (Å²) in [4.78, 5) is 2.17. The van der Waals surface area contributed by atoms with Crippen molar-refractivity contribution in [3.05, 3.63) is 35.4 Å². The molecule has 1 heterocycles. The first kappa shape index (κ1) is 13.4. The maximum absolute atomic E-state index is 13.7. The Morgan fingerprint density at radius 1 is 1.39 bits per heavy atom. The van der Waals surface area contributed by atoms with Crippen molar-refractivity contribution < 1.29 is 8.78 Å². The van der Waals surface area contributed by atoms with Crippen molar-refractivity contribution in [1.29, 1.82) is 0 Å². The number of piperidine rings is 1. The Bertz CT molecular complexity index is 407. The number of nitrogens with zero attached hydrogens (tertiary/aromatic N) is 1. The van der Waals surface area contributed by atoms with E-state index in [1.165, 1.54) is 0 Å². The highest BCUT2D eigenvalue weighted by Crippen LogP contribution is 2.22. The van der Waals surface area contributed by atoms with Gasteiger partial charge in [-0.1, -0.05) is 18.6 Å². The van der Waals surface area contributed by atoms with E-state index < -0.39 is 11.6 Å². The molecule has 100 valence electrons. The smallest absolute Gasteiger partial charge is 0.163 e. The van der Waals surface area contributed by atoms with Gasteiger partial charge in [-0.3, -0.25) is 4.90 Å². The minimum atomic E-state index is -0.776. The molecule has 1 fully saturated rings. The lowest BCUT2D eigenvalue weighted by Crippen LogP contribution is -2.48. The Kier molecular flexibility index (Phi) is 4.30. The van der Waals surface area contributed by atoms with E-state index in [2.05, 4.69) is 4.90 Å². The summed E-state index contributed by atoms with van der Waals surface area (Å²) in [5, 5.41) is 0. The molecule has 2 nitrogen and oxygen atoms in total. The number of hydrogen-bond donors (Lipinski definition) is 1. The molecule has 0 radical (unpaired) electrons. The second-order valence-electron chi connectivity index (χ2n) is 5.11. The Hall–Kier alpha value is -1.00. The fourth-order valence-corrected chi connectivity index (χ4v) is 2.70. The molecular weight excluding hydrogens is 234 g/mol. The van der Waals surface area contributed by atoms with Crippen LogP contribution in [-0.2, 0) is 6.54 Å². The lowest BCUT2D eigenvalue weighted by atomic mass is 9.96. The Labute approximate surface area is 107 Å². The molecule has 1 aliphatic heterocycles. The van der Waals surface area contributed by atoms with Gasteiger partial charge in [0.1, 0.15) is 0 Å². The molecule has 1 aromatic carbocycles. The van der Waals surface area contributed by atoms with Gasteiger partial charge in [-0.25, -0.2) is 8.78 Å². The van der Waals surface area contributed by atoms with Gasteiger partial charge < -0.3 is 5.73 Å². The van der Waals surface area contributed by atoms with Crippen LogP contribution < -0.4 is 5.73 Å². The maximum atomic E-state index is 13.7. The lowest BCUT2D eigenvalue weighted by Gasteiger charge is -2.38. The average Bonchev–Trinajstić information content (AvgIpc) is 2.35. The number of halogens is 2. The van der Waals surface area contributed by atoms with Crippen LogP contribution in [0.5, 0.6) is 0 Å². The first-order chi connectivity index (χ1) is 8.59. The van der Waals surface area contributed by atoms with Crippen molar-refractivity contribution in [3.8, 4) is 0 Å². The summed E-state index contributed by atoms with van der Waals surface area (Å²) < 4.78 is 26.8. The Morgan fingerprint density at radius 3 is 2.89 bits per heavy atom. The maximum Gasteiger partial charge on any atom is 0.163 e. The van der Waals surface area contributed by atoms with E-state index in [0.29, 0.717) is 12.1 Å². The zero-order valence-corrected chi connectivity index (χ0v) is 10.7. The second-order valence-corrected chi connectivity index (χ2v) is 5.11. The average molecular weight is 254 g/mol. The van der Waals surface area contributed by atoms with E-state index in [0.717, 1.165) is 31.9 Å². The number of rotatable bonds is 3. The van der Waals surface area contributed by atoms with E-state index in [-0.39, 0.29) is 12.1 Å². The highest BCUT2D eigenvalue weighted by molar-refractivity contribution is 5.19. The molecule has 0 aliphatic carbocycles. The predicted octanol–water partition coefficient (Wildman–Crippen LogP) is 2.67. The van der Waals surface area contributed by atoms with Crippen LogP contribution in [0.15, 0.2) is 18.2 Å². The van der Waals surface area contributed by atoms with Gasteiger partial charge in [0, 0.05) is 24.2 Å². The Morgan fingerprint density at radius 2 is 2.17 bits per heavy atom. The number of hydrogen-bond acceptors (Lipinski definition) is 2. The molecule has 18 heavy (non-hydrogen) atoms. The van der Waals surface area contributed by atoms with Gasteiger partial charge in [-0.05, 0) is 32.4 Å². The molecule has 0 saturated carbocycles. The van der Waals surface area contributed by atoms with Crippen molar-refractivity contribution in [2.24, 2.45) is 5.73 Å². The quantitative estimate of drug-likeness (QED) is 0.898. The third-order valence-electron chi connectivity index (χ3n) is 3.68. The first-order valence-corrected chi connectivity index (χ1v) is 6.52. The Balaban J connectivity index is 2.13. The van der Waals surface area contributed by atoms with Gasteiger partial charge in [-0.15, -0.1) is 0 Å². The van der Waals surface area contributed by atoms with Crippen LogP contribution in [0.2, 0.25) is 0 Å². The zero-order chi connectivity index (χ0) is 13.1. The van der Waals surface area contributed by atoms with E-state index >= 15 is 0 Å². The summed E-state index contributed by atoms with van der Waals surface area (Å²) in [6, 6.07) is 4.67. The second kappa shape index (κ2) is 5.76. The molecule has 2 rings (SSSR count). The van der Waals surface area contributed by atoms with Gasteiger partial charge in [0.05, 0.1) is 0 Å². The molecular formula is C14H20F2N2. The summed E-state index contributed by atoms with van der Waals surface area (Å²) in [5.41, 5.74) is 6.39. The van der Waals surface area contributed by atoms with Crippen molar-refractivity contribution in [3.63, 3.8) is 0 Å². The molecule has 1 saturated heterocycles. The fourth-order valence-electron chi connectivity index (χ4n) is 2.70. The highest BCUT2D eigenvalue weighted by Gasteiger charge is 2.26. The fraction of sp³-hybridized carbons (Fsp3) is 0.571. The molecule has 0 spiro atoms. The standard InChI is InChI=1S/C14H20F2N2/c1-10(17)13-7-2-3-8-18(13)9-11-5-4-6-12(15)14(11)16/h4-6,10,13H,2-3,7-9,17H2,1H3. The molecule has 4 heteroatoms. The highest BCUT2D eigenvalue weighted by atomic mass is 19.2. The van der Waals surface area contributed by atoms with Gasteiger partial charge in [0.15, 0.2) is 11.6 Å². The number of nitrogens with two attached hydrogens (primary N) is 1. The van der Waals surface area contributed by atoms with Crippen molar-refractivity contribution >= 4 is 0 Å². The largest absolute Gasteiger partial charge is 0.327 e. The van der Waals surface area contributed by atoms with Gasteiger partial charge in [0.2, 0.25) is 0 Å². The van der Waals surface area contributed by atoms with E-state index in [4.69, 9.17) is 5.73 Å². The topological polar surface area (TPSA) is 29.3 Å². The van der Waals surface area contributed by atoms with E-state index in [9.17, 15) is 8.78 Å². The summed E-state index contributed by atoms with van der Waals surface area (Å²) in [5.74, 6) is -1.51. The van der Waals surface area contributed by atoms with Crippen LogP contribution in [0.3, 0.4) is 0 Å². The monoisotopic (exact) mass is 254 g/mol. The predicted molar refractivity (Wildman–Crippen MR) is 68.1 cm³/mol. The molecule has 0 aromatic heterocycles. The van der Waals surface area contributed by atoms with Crippen LogP contribution >= 0.6 is 0 Å². The SMILES string of the molecule is CC(N)C1CCCCN1Cc1cccc(F)c1F. The van der Waals surface area contributed by atoms with E-state index in [1.54, 1.807) is 12.1 Å². The summed E-state index contributed by atoms with van der Waals surface area (Å²) in [6.07, 6.45) is 3.29. The normalized spacial score (nSPS) is 23.0. The molecule has 1 aliphatic rings. The number of likely N-dealkylation sites (tertiary alicyclic amines) is 1. The van der Waals surface area contributed by atoms with E-state index in [1.807, 2.05) is 6.92 Å². The minimum absolute atomic E-state index is 0.0573. The van der Waals surface area contributed by atoms with Gasteiger partial charge in [0.25, 0.3) is 0 Å². The van der Waals surface area contributed by atoms with Crippen molar-refractivity contribution in [1.82, 2.24) is 4.90 Å². The molecule has 0 bridgehead atoms. The van der Waals surface area contributed by atoms with Crippen LogP contribution in [0, 0.1) is 11.6 Å². The molecule has 1 aromatic rings. The van der Waals surface area contributed by atoms with Crippen molar-refractivity contribution in [2.45, 2.75) is 44.8 Å². The van der Waals surface area contributed by atoms with Gasteiger partial charge >= 0.3 is 0 Å². The molecule has 0 amide bonds. The summed E-state index contributed by atoms with van der Waals surface area (Å²) in [7, 11) is 0. The van der Waals surface area contributed by atoms with Crippen LogP contribution in [0.4, 0.5) is 8.78 Å². The summed E-state index contributed by atoms with van der Waals surface area (Å²) in [6.45, 7) is 3.32. The molecule has 2 atom stereocenters. The number of benzene rings is 1. The third kappa shape index (κ3) is 2.87. The summed E-state index contributed by atoms with van der Waals surface area (Å²) >= 11 is 0. The molecule has 2 unspecified atom stereocenters. The first-order valence-electron chi connectivity index (χ1n) is 6.52. The zero-order valence-electron chi connectivity index (χ0n) is 10.7. The van der Waals surface area contributed by atoms with Crippen LogP contribution in [0.25, 0.3) is 0 Å². The third-order valence-corrected chi connectivity index (χ3v) is 3.68. The van der Waals surface area contributed by atoms with Crippen LogP contribution in [0.1, 0.15) is 31.7 Å². The lowest BCUT2D eigenvalue weighted by molar-refractivity contribution is 0.121. The van der Waals surface area contributed by atoms with Crippen LogP contribution in [-0.4, -0.2) is 23.5 Å².